The molecule has 1 aliphatic heterocycles. The van der Waals surface area contributed by atoms with E-state index in [1.165, 1.54) is 14.0 Å². The van der Waals surface area contributed by atoms with Crippen LogP contribution in [0.25, 0.3) is 0 Å². The number of aliphatic hydroxyl groups is 5. The Morgan fingerprint density at radius 1 is 1.08 bits per heavy atom. The van der Waals surface area contributed by atoms with Crippen LogP contribution in [0.2, 0.25) is 0 Å². The largest absolute Gasteiger partial charge is 0.497 e. The molecule has 0 bridgehead atoms. The molecule has 8 heteroatoms. The van der Waals surface area contributed by atoms with Crippen molar-refractivity contribution in [2.24, 2.45) is 0 Å². The molecule has 0 saturated carbocycles. The lowest BCUT2D eigenvalue weighted by atomic mass is 9.99. The normalized spacial score (nSPS) is 33.0. The number of benzene rings is 1. The van der Waals surface area contributed by atoms with Crippen LogP contribution in [0.4, 0.5) is 0 Å². The molecule has 1 saturated heterocycles. The minimum atomic E-state index is -1.54. The molecule has 136 valence electrons. The van der Waals surface area contributed by atoms with E-state index in [9.17, 15) is 25.5 Å². The van der Waals surface area contributed by atoms with Crippen molar-refractivity contribution in [3.8, 4) is 5.75 Å². The fourth-order valence-corrected chi connectivity index (χ4v) is 2.59. The van der Waals surface area contributed by atoms with Crippen molar-refractivity contribution in [3.63, 3.8) is 0 Å². The summed E-state index contributed by atoms with van der Waals surface area (Å²) >= 11 is 0. The Morgan fingerprint density at radius 3 is 2.21 bits per heavy atom. The van der Waals surface area contributed by atoms with Crippen molar-refractivity contribution in [1.29, 1.82) is 0 Å². The fraction of sp³-hybridized carbons (Fsp3) is 0.625. The highest BCUT2D eigenvalue weighted by atomic mass is 16.7. The van der Waals surface area contributed by atoms with Gasteiger partial charge in [0.05, 0.1) is 19.8 Å². The Balaban J connectivity index is 2.17. The Labute approximate surface area is 139 Å². The van der Waals surface area contributed by atoms with E-state index in [0.29, 0.717) is 11.3 Å². The van der Waals surface area contributed by atoms with Gasteiger partial charge in [-0.1, -0.05) is 12.1 Å². The van der Waals surface area contributed by atoms with Crippen molar-refractivity contribution in [1.82, 2.24) is 0 Å². The molecule has 0 amide bonds. The summed E-state index contributed by atoms with van der Waals surface area (Å²) < 4.78 is 16.0. The van der Waals surface area contributed by atoms with Crippen LogP contribution in [0.5, 0.6) is 5.75 Å². The third kappa shape index (κ3) is 4.04. The molecule has 0 aliphatic carbocycles. The van der Waals surface area contributed by atoms with Crippen LogP contribution in [0.3, 0.4) is 0 Å². The fourth-order valence-electron chi connectivity index (χ4n) is 2.59. The van der Waals surface area contributed by atoms with Gasteiger partial charge in [0, 0.05) is 0 Å². The van der Waals surface area contributed by atoms with Gasteiger partial charge >= 0.3 is 0 Å². The predicted molar refractivity (Wildman–Crippen MR) is 82.3 cm³/mol. The van der Waals surface area contributed by atoms with Crippen molar-refractivity contribution in [2.75, 3.05) is 13.7 Å². The summed E-state index contributed by atoms with van der Waals surface area (Å²) in [6.45, 7) is 0.964. The van der Waals surface area contributed by atoms with Crippen LogP contribution >= 0.6 is 0 Å². The maximum atomic E-state index is 10.0. The zero-order chi connectivity index (χ0) is 17.9. The molecule has 1 heterocycles. The quantitative estimate of drug-likeness (QED) is 0.441. The lowest BCUT2D eigenvalue weighted by molar-refractivity contribution is -0.317. The molecule has 0 spiro atoms. The van der Waals surface area contributed by atoms with Gasteiger partial charge in [0.25, 0.3) is 0 Å². The van der Waals surface area contributed by atoms with E-state index >= 15 is 0 Å². The van der Waals surface area contributed by atoms with Gasteiger partial charge < -0.3 is 39.7 Å². The molecule has 7 atom stereocenters. The van der Waals surface area contributed by atoms with Crippen molar-refractivity contribution in [3.05, 3.63) is 29.8 Å². The van der Waals surface area contributed by atoms with Crippen molar-refractivity contribution < 1.29 is 39.7 Å². The number of aliphatic hydroxyl groups excluding tert-OH is 5. The van der Waals surface area contributed by atoms with E-state index in [1.807, 2.05) is 0 Å². The molecule has 24 heavy (non-hydrogen) atoms. The molecule has 1 aromatic rings. The lowest BCUT2D eigenvalue weighted by Crippen LogP contribution is -2.59. The van der Waals surface area contributed by atoms with Gasteiger partial charge in [0.1, 0.15) is 36.3 Å². The van der Waals surface area contributed by atoms with Gasteiger partial charge in [-0.05, 0) is 24.6 Å². The molecule has 1 aromatic carbocycles. The highest BCUT2D eigenvalue weighted by Crippen LogP contribution is 2.30. The van der Waals surface area contributed by atoms with Crippen molar-refractivity contribution >= 4 is 0 Å². The zero-order valence-electron chi connectivity index (χ0n) is 13.5. The average molecular weight is 344 g/mol. The zero-order valence-corrected chi connectivity index (χ0v) is 13.5. The van der Waals surface area contributed by atoms with E-state index in [1.54, 1.807) is 24.3 Å². The topological polar surface area (TPSA) is 129 Å². The molecule has 0 radical (unpaired) electrons. The lowest BCUT2D eigenvalue weighted by Gasteiger charge is -2.41. The first-order valence-corrected chi connectivity index (χ1v) is 7.67. The maximum absolute atomic E-state index is 10.0. The smallest absolute Gasteiger partial charge is 0.187 e. The summed E-state index contributed by atoms with van der Waals surface area (Å²) in [6.07, 6.45) is -8.70. The Kier molecular flexibility index (Phi) is 6.53. The van der Waals surface area contributed by atoms with Crippen LogP contribution in [-0.2, 0) is 9.47 Å². The van der Waals surface area contributed by atoms with E-state index in [-0.39, 0.29) is 0 Å². The van der Waals surface area contributed by atoms with Gasteiger partial charge in [-0.2, -0.15) is 0 Å². The van der Waals surface area contributed by atoms with Crippen LogP contribution in [0.15, 0.2) is 24.3 Å². The van der Waals surface area contributed by atoms with Gasteiger partial charge in [-0.3, -0.25) is 0 Å². The molecule has 1 aliphatic rings. The summed E-state index contributed by atoms with van der Waals surface area (Å²) in [6, 6.07) is 6.78. The van der Waals surface area contributed by atoms with E-state index < -0.39 is 49.5 Å². The number of ether oxygens (including phenoxy) is 3. The second-order valence-corrected chi connectivity index (χ2v) is 5.77. The summed E-state index contributed by atoms with van der Waals surface area (Å²) in [4.78, 5) is 0. The molecule has 0 aromatic heterocycles. The minimum absolute atomic E-state index is 0.549. The first-order valence-electron chi connectivity index (χ1n) is 7.67. The van der Waals surface area contributed by atoms with E-state index in [2.05, 4.69) is 0 Å². The van der Waals surface area contributed by atoms with Gasteiger partial charge in [-0.15, -0.1) is 0 Å². The maximum Gasteiger partial charge on any atom is 0.187 e. The molecule has 0 unspecified atom stereocenters. The summed E-state index contributed by atoms with van der Waals surface area (Å²) in [5.41, 5.74) is 0.614. The predicted octanol–water partition coefficient (Wildman–Crippen LogP) is -1.07. The number of hydrogen-bond donors (Lipinski definition) is 5. The Hall–Kier alpha value is -1.26. The molecule has 5 N–H and O–H groups in total. The molecular formula is C16H24O8. The monoisotopic (exact) mass is 344 g/mol. The summed E-state index contributed by atoms with van der Waals surface area (Å²) in [7, 11) is 1.53. The molecule has 1 fully saturated rings. The second-order valence-electron chi connectivity index (χ2n) is 5.77. The third-order valence-corrected chi connectivity index (χ3v) is 4.01. The van der Waals surface area contributed by atoms with E-state index in [4.69, 9.17) is 14.2 Å². The Bertz CT molecular complexity index is 503. The van der Waals surface area contributed by atoms with Crippen LogP contribution in [0, 0.1) is 0 Å². The highest BCUT2D eigenvalue weighted by molar-refractivity contribution is 5.29. The van der Waals surface area contributed by atoms with E-state index in [0.717, 1.165) is 0 Å². The standard InChI is InChI=1S/C16H24O8/c1-8(18)15(9-3-5-10(22-2)6-4-9)24-16-14(21)13(20)12(19)11(7-17)23-16/h3-6,8,11-21H,7H2,1-2H3/t8-,11-,12-,13+,14-,15-,16+/m0/s1. The van der Waals surface area contributed by atoms with Crippen LogP contribution in [0.1, 0.15) is 18.6 Å². The first-order chi connectivity index (χ1) is 11.4. The van der Waals surface area contributed by atoms with Gasteiger partial charge in [-0.25, -0.2) is 0 Å². The molecule has 8 nitrogen and oxygen atoms in total. The second kappa shape index (κ2) is 8.21. The summed E-state index contributed by atoms with van der Waals surface area (Å²) in [5.74, 6) is 0.635. The average Bonchev–Trinajstić information content (AvgIpc) is 2.59. The number of rotatable bonds is 6. The highest BCUT2D eigenvalue weighted by Gasteiger charge is 2.45. The number of methoxy groups -OCH3 is 1. The molecule has 2 rings (SSSR count). The van der Waals surface area contributed by atoms with Crippen molar-refractivity contribution in [2.45, 2.75) is 49.8 Å². The van der Waals surface area contributed by atoms with Gasteiger partial charge in [0.2, 0.25) is 0 Å². The first kappa shape index (κ1) is 19.1. The Morgan fingerprint density at radius 2 is 1.71 bits per heavy atom. The third-order valence-electron chi connectivity index (χ3n) is 4.01. The minimum Gasteiger partial charge on any atom is -0.497 e. The number of hydrogen-bond acceptors (Lipinski definition) is 8. The van der Waals surface area contributed by atoms with Gasteiger partial charge in [0.15, 0.2) is 6.29 Å². The summed E-state index contributed by atoms with van der Waals surface area (Å²) in [5, 5.41) is 48.8. The SMILES string of the molecule is COc1ccc([C@@H](O[C@H]2O[C@@H](CO)[C@H](O)[C@@H](O)[C@@H]2O)[C@H](C)O)cc1. The van der Waals surface area contributed by atoms with Crippen LogP contribution in [-0.4, -0.2) is 76.1 Å². The molecular weight excluding hydrogens is 320 g/mol. The van der Waals surface area contributed by atoms with Crippen LogP contribution < -0.4 is 4.74 Å².